The maximum absolute atomic E-state index is 12.4. The van der Waals surface area contributed by atoms with Crippen LogP contribution in [0.2, 0.25) is 0 Å². The number of aromatic nitrogens is 5. The van der Waals surface area contributed by atoms with Crippen LogP contribution in [0.15, 0.2) is 49.1 Å². The summed E-state index contributed by atoms with van der Waals surface area (Å²) in [5, 5.41) is 14.6. The highest BCUT2D eigenvalue weighted by molar-refractivity contribution is 5.92. The highest BCUT2D eigenvalue weighted by Gasteiger charge is 2.38. The Kier molecular flexibility index (Phi) is 7.30. The van der Waals surface area contributed by atoms with E-state index in [1.54, 1.807) is 12.4 Å². The number of aryl methyl sites for hydroxylation is 1. The molecule has 4 heterocycles. The Bertz CT molecular complexity index is 1080. The van der Waals surface area contributed by atoms with Crippen LogP contribution in [-0.4, -0.2) is 60.6 Å². The van der Waals surface area contributed by atoms with Gasteiger partial charge < -0.3 is 19.9 Å². The first-order chi connectivity index (χ1) is 15.6. The van der Waals surface area contributed by atoms with E-state index in [-0.39, 0.29) is 11.8 Å². The zero-order valence-corrected chi connectivity index (χ0v) is 17.6. The number of nitrogens with zero attached hydrogens (tertiary/aromatic N) is 6. The Balaban J connectivity index is 0.000000383. The quantitative estimate of drug-likeness (QED) is 0.602. The summed E-state index contributed by atoms with van der Waals surface area (Å²) in [7, 11) is 1.87. The highest BCUT2D eigenvalue weighted by atomic mass is 19.4. The van der Waals surface area contributed by atoms with E-state index in [4.69, 9.17) is 9.90 Å². The lowest BCUT2D eigenvalue weighted by Gasteiger charge is -2.24. The van der Waals surface area contributed by atoms with Crippen molar-refractivity contribution in [3.63, 3.8) is 0 Å². The minimum absolute atomic E-state index is 0.0649. The molecule has 1 atom stereocenters. The number of nitrogens with one attached hydrogen (secondary N) is 1. The van der Waals surface area contributed by atoms with E-state index in [2.05, 4.69) is 25.3 Å². The van der Waals surface area contributed by atoms with Crippen molar-refractivity contribution >= 4 is 17.8 Å². The average Bonchev–Trinajstić information content (AvgIpc) is 3.36. The van der Waals surface area contributed by atoms with Crippen molar-refractivity contribution in [1.29, 1.82) is 0 Å². The minimum atomic E-state index is -5.08. The summed E-state index contributed by atoms with van der Waals surface area (Å²) in [5.74, 6) is -1.93. The van der Waals surface area contributed by atoms with Gasteiger partial charge in [-0.3, -0.25) is 9.48 Å². The molecule has 2 N–H and O–H groups in total. The van der Waals surface area contributed by atoms with Gasteiger partial charge >= 0.3 is 12.1 Å². The molecular weight excluding hydrogens is 443 g/mol. The predicted octanol–water partition coefficient (Wildman–Crippen LogP) is 1.71. The molecule has 1 aliphatic heterocycles. The van der Waals surface area contributed by atoms with Gasteiger partial charge in [-0.2, -0.15) is 18.3 Å². The molecule has 3 aromatic heterocycles. The molecule has 0 aromatic carbocycles. The lowest BCUT2D eigenvalue weighted by molar-refractivity contribution is -0.192. The number of hydrogen-bond acceptors (Lipinski definition) is 6. The molecule has 33 heavy (non-hydrogen) atoms. The molecule has 0 saturated carbocycles. The maximum Gasteiger partial charge on any atom is 0.490 e. The zero-order valence-electron chi connectivity index (χ0n) is 17.6. The number of carbonyl (C=O) groups is 2. The monoisotopic (exact) mass is 465 g/mol. The predicted molar refractivity (Wildman–Crippen MR) is 110 cm³/mol. The molecule has 176 valence electrons. The molecule has 0 fully saturated rings. The van der Waals surface area contributed by atoms with Crippen molar-refractivity contribution < 1.29 is 27.9 Å². The molecule has 0 bridgehead atoms. The third-order valence-electron chi connectivity index (χ3n) is 4.87. The fourth-order valence-corrected chi connectivity index (χ4v) is 3.29. The average molecular weight is 465 g/mol. The molecule has 0 aliphatic carbocycles. The van der Waals surface area contributed by atoms with Gasteiger partial charge in [0.15, 0.2) is 0 Å². The summed E-state index contributed by atoms with van der Waals surface area (Å²) in [4.78, 5) is 32.2. The van der Waals surface area contributed by atoms with Crippen LogP contribution in [0.1, 0.15) is 16.2 Å². The highest BCUT2D eigenvalue weighted by Crippen LogP contribution is 2.19. The number of anilines is 1. The number of carboxylic acid groups (broad SMARTS) is 1. The second-order valence-corrected chi connectivity index (χ2v) is 7.32. The Hall–Kier alpha value is -3.90. The molecule has 4 rings (SSSR count). The first-order valence-corrected chi connectivity index (χ1v) is 9.87. The van der Waals surface area contributed by atoms with Gasteiger partial charge in [-0.25, -0.2) is 14.8 Å². The van der Waals surface area contributed by atoms with Crippen LogP contribution in [0, 0.1) is 5.92 Å². The Morgan fingerprint density at radius 2 is 1.85 bits per heavy atom. The number of hydrogen-bond donors (Lipinski definition) is 2. The number of halogens is 3. The van der Waals surface area contributed by atoms with Crippen molar-refractivity contribution in [1.82, 2.24) is 29.6 Å². The largest absolute Gasteiger partial charge is 0.490 e. The van der Waals surface area contributed by atoms with Crippen molar-refractivity contribution in [3.05, 3.63) is 60.4 Å². The van der Waals surface area contributed by atoms with Gasteiger partial charge in [0.25, 0.3) is 5.91 Å². The SMILES string of the molecule is Cn1cccc1C(=O)NCC1CN(c2ncccn2)Cc2ccnn2C1.O=C(O)C(F)(F)F. The molecular formula is C20H22F3N7O3. The number of fused-ring (bicyclic) bond motifs is 1. The Morgan fingerprint density at radius 1 is 1.15 bits per heavy atom. The van der Waals surface area contributed by atoms with Crippen LogP contribution in [0.25, 0.3) is 0 Å². The van der Waals surface area contributed by atoms with E-state index < -0.39 is 12.1 Å². The summed E-state index contributed by atoms with van der Waals surface area (Å²) in [5.41, 5.74) is 1.77. The van der Waals surface area contributed by atoms with E-state index in [9.17, 15) is 18.0 Å². The smallest absolute Gasteiger partial charge is 0.475 e. The second-order valence-electron chi connectivity index (χ2n) is 7.32. The molecule has 1 unspecified atom stereocenters. The second kappa shape index (κ2) is 10.1. The van der Waals surface area contributed by atoms with Gasteiger partial charge in [-0.1, -0.05) is 0 Å². The van der Waals surface area contributed by atoms with Crippen LogP contribution in [-0.2, 0) is 24.9 Å². The topological polar surface area (TPSA) is 118 Å². The molecule has 10 nitrogen and oxygen atoms in total. The van der Waals surface area contributed by atoms with Crippen molar-refractivity contribution in [2.75, 3.05) is 18.0 Å². The van der Waals surface area contributed by atoms with Crippen LogP contribution < -0.4 is 10.2 Å². The maximum atomic E-state index is 12.4. The van der Waals surface area contributed by atoms with Gasteiger partial charge in [0, 0.05) is 57.4 Å². The number of amides is 1. The normalized spacial score (nSPS) is 15.6. The van der Waals surface area contributed by atoms with Gasteiger partial charge in [-0.05, 0) is 24.3 Å². The number of carboxylic acids is 1. The van der Waals surface area contributed by atoms with E-state index in [0.29, 0.717) is 24.7 Å². The van der Waals surface area contributed by atoms with E-state index >= 15 is 0 Å². The third kappa shape index (κ3) is 6.30. The van der Waals surface area contributed by atoms with Gasteiger partial charge in [0.2, 0.25) is 5.95 Å². The van der Waals surface area contributed by atoms with E-state index in [1.165, 1.54) is 0 Å². The van der Waals surface area contributed by atoms with Crippen LogP contribution in [0.4, 0.5) is 19.1 Å². The van der Waals surface area contributed by atoms with Crippen LogP contribution in [0.3, 0.4) is 0 Å². The zero-order chi connectivity index (χ0) is 24.0. The first kappa shape index (κ1) is 23.8. The number of carbonyl (C=O) groups excluding carboxylic acids is 1. The summed E-state index contributed by atoms with van der Waals surface area (Å²) in [6, 6.07) is 7.51. The standard InChI is InChI=1S/C18H21N7O.C2HF3O2/c1-23-9-2-4-16(23)17(26)21-10-14-11-24(18-19-6-3-7-20-18)13-15-5-8-22-25(15)12-14;3-2(4,5)1(6)7/h2-9,14H,10-13H2,1H3,(H,21,26);(H,6,7). The minimum Gasteiger partial charge on any atom is -0.475 e. The number of aliphatic carboxylic acids is 1. The molecule has 3 aromatic rings. The Morgan fingerprint density at radius 3 is 2.45 bits per heavy atom. The number of rotatable bonds is 4. The molecule has 0 spiro atoms. The molecule has 0 radical (unpaired) electrons. The van der Waals surface area contributed by atoms with Crippen LogP contribution in [0.5, 0.6) is 0 Å². The Labute approximate surface area is 186 Å². The lowest BCUT2D eigenvalue weighted by Crippen LogP contribution is -2.37. The third-order valence-corrected chi connectivity index (χ3v) is 4.87. The van der Waals surface area contributed by atoms with Crippen molar-refractivity contribution in [3.8, 4) is 0 Å². The van der Waals surface area contributed by atoms with Gasteiger partial charge in [0.05, 0.1) is 12.2 Å². The van der Waals surface area contributed by atoms with Crippen molar-refractivity contribution in [2.24, 2.45) is 13.0 Å². The van der Waals surface area contributed by atoms with Crippen molar-refractivity contribution in [2.45, 2.75) is 19.3 Å². The van der Waals surface area contributed by atoms with Crippen LogP contribution >= 0.6 is 0 Å². The molecule has 0 saturated heterocycles. The van der Waals surface area contributed by atoms with E-state index in [0.717, 1.165) is 18.8 Å². The molecule has 13 heteroatoms. The fraction of sp³-hybridized carbons (Fsp3) is 0.350. The van der Waals surface area contributed by atoms with E-state index in [1.807, 2.05) is 53.0 Å². The summed E-state index contributed by atoms with van der Waals surface area (Å²) < 4.78 is 35.6. The fourth-order valence-electron chi connectivity index (χ4n) is 3.29. The van der Waals surface area contributed by atoms with Gasteiger partial charge in [0.1, 0.15) is 5.69 Å². The molecule has 1 amide bonds. The number of alkyl halides is 3. The lowest BCUT2D eigenvalue weighted by atomic mass is 10.1. The summed E-state index contributed by atoms with van der Waals surface area (Å²) in [6.07, 6.45) is 2.09. The van der Waals surface area contributed by atoms with Gasteiger partial charge in [-0.15, -0.1) is 0 Å². The summed E-state index contributed by atoms with van der Waals surface area (Å²) >= 11 is 0. The molecule has 1 aliphatic rings. The first-order valence-electron chi connectivity index (χ1n) is 9.87. The summed E-state index contributed by atoms with van der Waals surface area (Å²) in [6.45, 7) is 2.76.